The first-order valence-electron chi connectivity index (χ1n) is 10.1. The molecule has 3 N–H and O–H groups in total. The van der Waals surface area contributed by atoms with Crippen LogP contribution in [0.4, 0.5) is 5.69 Å². The molecule has 1 amide bonds. The highest BCUT2D eigenvalue weighted by Gasteiger charge is 2.25. The molecule has 4 heteroatoms. The lowest BCUT2D eigenvalue weighted by Crippen LogP contribution is -2.88. The van der Waals surface area contributed by atoms with E-state index < -0.39 is 0 Å². The van der Waals surface area contributed by atoms with E-state index in [-0.39, 0.29) is 11.9 Å². The second kappa shape index (κ2) is 10.4. The Kier molecular flexibility index (Phi) is 7.42. The summed E-state index contributed by atoms with van der Waals surface area (Å²) in [6.45, 7) is 5.49. The summed E-state index contributed by atoms with van der Waals surface area (Å²) in [6.07, 6.45) is 0. The van der Waals surface area contributed by atoms with Crippen molar-refractivity contribution < 1.29 is 14.8 Å². The van der Waals surface area contributed by atoms with Gasteiger partial charge in [-0.3, -0.25) is 4.79 Å². The summed E-state index contributed by atoms with van der Waals surface area (Å²) in [7, 11) is 0. The van der Waals surface area contributed by atoms with Gasteiger partial charge in [0.15, 0.2) is 6.04 Å². The molecule has 0 aliphatic carbocycles. The molecule has 3 aromatic carbocycles. The maximum Gasteiger partial charge on any atom is 0.287 e. The van der Waals surface area contributed by atoms with Gasteiger partial charge in [-0.25, -0.2) is 0 Å². The Balaban J connectivity index is 1.76. The van der Waals surface area contributed by atoms with E-state index in [0.717, 1.165) is 12.1 Å². The number of hydrogen-bond donors (Lipinski definition) is 2. The van der Waals surface area contributed by atoms with Crippen molar-refractivity contribution in [3.05, 3.63) is 96.1 Å². The number of anilines is 1. The van der Waals surface area contributed by atoms with Crippen molar-refractivity contribution in [2.75, 3.05) is 18.5 Å². The van der Waals surface area contributed by atoms with Crippen LogP contribution in [0.25, 0.3) is 0 Å². The number of amides is 1. The number of para-hydroxylation sites is 2. The molecular formula is C25H29N2O2+. The highest BCUT2D eigenvalue weighted by Crippen LogP contribution is 2.25. The molecule has 3 rings (SSSR count). The Morgan fingerprint density at radius 3 is 2.14 bits per heavy atom. The van der Waals surface area contributed by atoms with Crippen LogP contribution in [0, 0.1) is 0 Å². The molecule has 0 aromatic heterocycles. The number of nitrogens with one attached hydrogen (secondary N) is 1. The quantitative estimate of drug-likeness (QED) is 0.578. The van der Waals surface area contributed by atoms with Crippen LogP contribution in [0.1, 0.15) is 36.9 Å². The van der Waals surface area contributed by atoms with Crippen LogP contribution in [0.5, 0.6) is 5.75 Å². The average Bonchev–Trinajstić information content (AvgIpc) is 2.76. The third-order valence-corrected chi connectivity index (χ3v) is 4.98. The first-order chi connectivity index (χ1) is 14.2. The largest absolute Gasteiger partial charge is 0.492 e. The summed E-state index contributed by atoms with van der Waals surface area (Å²) in [4.78, 5) is 13.2. The molecule has 2 atom stereocenters. The monoisotopic (exact) mass is 389 g/mol. The van der Waals surface area contributed by atoms with E-state index in [1.165, 1.54) is 5.56 Å². The fraction of sp³-hybridized carbons (Fsp3) is 0.240. The molecular weight excluding hydrogens is 360 g/mol. The standard InChI is InChI=1S/C25H28N2O2/c1-3-29-23-17-11-10-16-22(23)27-25(28)24(21-14-8-5-9-15-21)26-18-19(2)20-12-6-4-7-13-20/h4-17,19,24,26H,3,18H2,1-2H3,(H,27,28)/p+1/t19-,24-/m0/s1. The zero-order valence-corrected chi connectivity index (χ0v) is 17.0. The number of benzene rings is 3. The Morgan fingerprint density at radius 1 is 0.897 bits per heavy atom. The molecule has 0 heterocycles. The van der Waals surface area contributed by atoms with E-state index in [0.29, 0.717) is 24.0 Å². The van der Waals surface area contributed by atoms with Crippen molar-refractivity contribution in [3.63, 3.8) is 0 Å². The van der Waals surface area contributed by atoms with Gasteiger partial charge in [-0.1, -0.05) is 79.7 Å². The highest BCUT2D eigenvalue weighted by molar-refractivity contribution is 5.95. The molecule has 150 valence electrons. The lowest BCUT2D eigenvalue weighted by Gasteiger charge is -2.19. The Hall–Kier alpha value is -3.11. The molecule has 0 radical (unpaired) electrons. The predicted octanol–water partition coefficient (Wildman–Crippen LogP) is 4.13. The molecule has 0 spiro atoms. The normalized spacial score (nSPS) is 12.8. The van der Waals surface area contributed by atoms with Gasteiger partial charge in [-0.2, -0.15) is 0 Å². The third kappa shape index (κ3) is 5.69. The van der Waals surface area contributed by atoms with Crippen molar-refractivity contribution in [1.82, 2.24) is 0 Å². The topological polar surface area (TPSA) is 54.9 Å². The van der Waals surface area contributed by atoms with Gasteiger partial charge in [0.25, 0.3) is 5.91 Å². The van der Waals surface area contributed by atoms with Gasteiger partial charge in [-0.05, 0) is 24.6 Å². The number of carbonyl (C=O) groups excluding carboxylic acids is 1. The van der Waals surface area contributed by atoms with Crippen LogP contribution in [-0.2, 0) is 4.79 Å². The molecule has 4 nitrogen and oxygen atoms in total. The summed E-state index contributed by atoms with van der Waals surface area (Å²) in [5, 5.41) is 5.18. The molecule has 3 aromatic rings. The third-order valence-electron chi connectivity index (χ3n) is 4.98. The Bertz CT molecular complexity index is 897. The lowest BCUT2D eigenvalue weighted by atomic mass is 9.99. The smallest absolute Gasteiger partial charge is 0.287 e. The zero-order valence-electron chi connectivity index (χ0n) is 17.0. The van der Waals surface area contributed by atoms with Crippen LogP contribution in [0.3, 0.4) is 0 Å². The van der Waals surface area contributed by atoms with Gasteiger partial charge < -0.3 is 15.4 Å². The van der Waals surface area contributed by atoms with Crippen molar-refractivity contribution in [2.24, 2.45) is 0 Å². The predicted molar refractivity (Wildman–Crippen MR) is 117 cm³/mol. The van der Waals surface area contributed by atoms with Gasteiger partial charge in [0, 0.05) is 11.5 Å². The molecule has 0 saturated carbocycles. The van der Waals surface area contributed by atoms with Gasteiger partial charge >= 0.3 is 0 Å². The van der Waals surface area contributed by atoms with Crippen LogP contribution in [0.15, 0.2) is 84.9 Å². The summed E-state index contributed by atoms with van der Waals surface area (Å²) in [5.41, 5.74) is 2.96. The Labute approximate surface area is 172 Å². The fourth-order valence-electron chi connectivity index (χ4n) is 3.37. The average molecular weight is 390 g/mol. The number of nitrogens with two attached hydrogens (primary N) is 1. The van der Waals surface area contributed by atoms with Crippen LogP contribution in [0.2, 0.25) is 0 Å². The second-order valence-corrected chi connectivity index (χ2v) is 7.09. The first-order valence-corrected chi connectivity index (χ1v) is 10.1. The minimum atomic E-state index is -0.336. The second-order valence-electron chi connectivity index (χ2n) is 7.09. The van der Waals surface area contributed by atoms with E-state index in [2.05, 4.69) is 41.8 Å². The molecule has 0 unspecified atom stereocenters. The summed E-state index contributed by atoms with van der Waals surface area (Å²) >= 11 is 0. The molecule has 0 saturated heterocycles. The van der Waals surface area contributed by atoms with Crippen molar-refractivity contribution in [3.8, 4) is 5.75 Å². The number of quaternary nitrogens is 1. The lowest BCUT2D eigenvalue weighted by molar-refractivity contribution is -0.684. The molecule has 0 aliphatic heterocycles. The van der Waals surface area contributed by atoms with Crippen LogP contribution >= 0.6 is 0 Å². The van der Waals surface area contributed by atoms with E-state index in [1.807, 2.05) is 67.6 Å². The fourth-order valence-corrected chi connectivity index (χ4v) is 3.37. The minimum Gasteiger partial charge on any atom is -0.492 e. The van der Waals surface area contributed by atoms with Gasteiger partial charge in [-0.15, -0.1) is 0 Å². The molecule has 0 bridgehead atoms. The first kappa shape index (κ1) is 20.6. The number of carbonyl (C=O) groups is 1. The number of hydrogen-bond acceptors (Lipinski definition) is 2. The van der Waals surface area contributed by atoms with Gasteiger partial charge in [0.05, 0.1) is 18.8 Å². The summed E-state index contributed by atoms with van der Waals surface area (Å²) in [5.74, 6) is 0.974. The van der Waals surface area contributed by atoms with Crippen LogP contribution < -0.4 is 15.4 Å². The minimum absolute atomic E-state index is 0.0522. The molecule has 29 heavy (non-hydrogen) atoms. The van der Waals surface area contributed by atoms with Crippen molar-refractivity contribution in [1.29, 1.82) is 0 Å². The Morgan fingerprint density at radius 2 is 1.48 bits per heavy atom. The van der Waals surface area contributed by atoms with Crippen molar-refractivity contribution >= 4 is 11.6 Å². The SMILES string of the molecule is CCOc1ccccc1NC(=O)[C@@H]([NH2+]C[C@H](C)c1ccccc1)c1ccccc1. The maximum absolute atomic E-state index is 13.2. The molecule has 0 fully saturated rings. The van der Waals surface area contributed by atoms with Crippen LogP contribution in [-0.4, -0.2) is 19.1 Å². The van der Waals surface area contributed by atoms with Gasteiger partial charge in [0.1, 0.15) is 5.75 Å². The van der Waals surface area contributed by atoms with E-state index >= 15 is 0 Å². The van der Waals surface area contributed by atoms with Crippen molar-refractivity contribution in [2.45, 2.75) is 25.8 Å². The maximum atomic E-state index is 13.2. The highest BCUT2D eigenvalue weighted by atomic mass is 16.5. The van der Waals surface area contributed by atoms with E-state index in [1.54, 1.807) is 0 Å². The van der Waals surface area contributed by atoms with Gasteiger partial charge in [0.2, 0.25) is 0 Å². The van der Waals surface area contributed by atoms with E-state index in [9.17, 15) is 4.79 Å². The summed E-state index contributed by atoms with van der Waals surface area (Å²) < 4.78 is 5.65. The summed E-state index contributed by atoms with van der Waals surface area (Å²) in [6, 6.07) is 27.5. The van der Waals surface area contributed by atoms with E-state index in [4.69, 9.17) is 4.74 Å². The number of rotatable bonds is 9. The molecule has 0 aliphatic rings. The zero-order chi connectivity index (χ0) is 20.5. The number of ether oxygens (including phenoxy) is 1.